The van der Waals surface area contributed by atoms with Gasteiger partial charge in [-0.25, -0.2) is 18.1 Å². The fourth-order valence-electron chi connectivity index (χ4n) is 2.34. The number of nitrogens with zero attached hydrogens (tertiary/aromatic N) is 2. The molecule has 0 saturated heterocycles. The van der Waals surface area contributed by atoms with Gasteiger partial charge in [-0.05, 0) is 38.5 Å². The highest BCUT2D eigenvalue weighted by Gasteiger charge is 2.19. The van der Waals surface area contributed by atoms with Gasteiger partial charge in [0.25, 0.3) is 0 Å². The van der Waals surface area contributed by atoms with Crippen molar-refractivity contribution in [3.8, 4) is 5.69 Å². The van der Waals surface area contributed by atoms with Crippen LogP contribution in [0.15, 0.2) is 36.7 Å². The largest absolute Gasteiger partial charge is 0.381 e. The molecule has 6 nitrogen and oxygen atoms in total. The van der Waals surface area contributed by atoms with Gasteiger partial charge in [0.05, 0.1) is 11.9 Å². The summed E-state index contributed by atoms with van der Waals surface area (Å²) < 4.78 is 33.8. The summed E-state index contributed by atoms with van der Waals surface area (Å²) in [5.41, 5.74) is 1.90. The summed E-state index contributed by atoms with van der Waals surface area (Å²) >= 11 is 0. The number of ether oxygens (including phenoxy) is 1. The number of imidazole rings is 1. The zero-order valence-electron chi connectivity index (χ0n) is 13.9. The Labute approximate surface area is 137 Å². The highest BCUT2D eigenvalue weighted by molar-refractivity contribution is 7.89. The minimum Gasteiger partial charge on any atom is -0.381 e. The first-order chi connectivity index (χ1) is 10.8. The van der Waals surface area contributed by atoms with Crippen LogP contribution in [0.4, 0.5) is 0 Å². The van der Waals surface area contributed by atoms with Gasteiger partial charge in [0.1, 0.15) is 5.82 Å². The van der Waals surface area contributed by atoms with Crippen LogP contribution in [-0.4, -0.2) is 36.9 Å². The topological polar surface area (TPSA) is 73.2 Å². The predicted molar refractivity (Wildman–Crippen MR) is 90.1 cm³/mol. The monoisotopic (exact) mass is 337 g/mol. The number of methoxy groups -OCH3 is 1. The molecule has 0 spiro atoms. The van der Waals surface area contributed by atoms with Crippen molar-refractivity contribution in [2.75, 3.05) is 12.9 Å². The molecule has 0 radical (unpaired) electrons. The van der Waals surface area contributed by atoms with Crippen molar-refractivity contribution in [1.29, 1.82) is 0 Å². The zero-order valence-corrected chi connectivity index (χ0v) is 14.7. The second-order valence-electron chi connectivity index (χ2n) is 5.60. The Kier molecular flexibility index (Phi) is 5.56. The van der Waals surface area contributed by atoms with Gasteiger partial charge in [0, 0.05) is 31.2 Å². The number of aromatic nitrogens is 2. The predicted octanol–water partition coefficient (Wildman–Crippen LogP) is 2.20. The van der Waals surface area contributed by atoms with Gasteiger partial charge in [0.15, 0.2) is 0 Å². The van der Waals surface area contributed by atoms with Crippen LogP contribution >= 0.6 is 0 Å². The average Bonchev–Trinajstić information content (AvgIpc) is 2.92. The van der Waals surface area contributed by atoms with Crippen molar-refractivity contribution in [2.24, 2.45) is 0 Å². The molecular formula is C16H23N3O3S. The van der Waals surface area contributed by atoms with Gasteiger partial charge in [-0.3, -0.25) is 0 Å². The van der Waals surface area contributed by atoms with E-state index < -0.39 is 10.0 Å². The third-order valence-corrected chi connectivity index (χ3v) is 5.33. The maximum Gasteiger partial charge on any atom is 0.214 e. The molecule has 2 atom stereocenters. The van der Waals surface area contributed by atoms with Crippen LogP contribution in [0.25, 0.3) is 5.69 Å². The second-order valence-corrected chi connectivity index (χ2v) is 7.40. The number of benzene rings is 1. The second kappa shape index (κ2) is 7.25. The van der Waals surface area contributed by atoms with Gasteiger partial charge in [-0.2, -0.15) is 0 Å². The standard InChI is InChI=1S/C16H23N3O3S/c1-12(22-4)11-23(20,21)18-13(2)15-5-7-16(8-6-15)19-10-9-17-14(19)3/h5-10,12-13,18H,11H2,1-4H3/t12-,13-/m1/s1. The van der Waals surface area contributed by atoms with Crippen molar-refractivity contribution in [3.63, 3.8) is 0 Å². The summed E-state index contributed by atoms with van der Waals surface area (Å²) in [6.45, 7) is 5.49. The minimum absolute atomic E-state index is 0.0554. The summed E-state index contributed by atoms with van der Waals surface area (Å²) in [7, 11) is -1.89. The lowest BCUT2D eigenvalue weighted by molar-refractivity contribution is 0.136. The van der Waals surface area contributed by atoms with Crippen LogP contribution in [0.3, 0.4) is 0 Å². The third kappa shape index (κ3) is 4.63. The number of rotatable bonds is 7. The Morgan fingerprint density at radius 2 is 1.91 bits per heavy atom. The van der Waals surface area contributed by atoms with Gasteiger partial charge in [0.2, 0.25) is 10.0 Å². The van der Waals surface area contributed by atoms with Crippen LogP contribution in [0.1, 0.15) is 31.3 Å². The molecule has 1 aromatic heterocycles. The maximum absolute atomic E-state index is 12.1. The Hall–Kier alpha value is -1.70. The highest BCUT2D eigenvalue weighted by atomic mass is 32.2. The van der Waals surface area contributed by atoms with E-state index in [1.54, 1.807) is 13.1 Å². The van der Waals surface area contributed by atoms with E-state index in [9.17, 15) is 8.42 Å². The van der Waals surface area contributed by atoms with Crippen LogP contribution in [0.5, 0.6) is 0 Å². The molecule has 0 amide bonds. The SMILES string of the molecule is CO[C@H](C)CS(=O)(=O)N[C@H](C)c1ccc(-n2ccnc2C)cc1. The molecular weight excluding hydrogens is 314 g/mol. The number of sulfonamides is 1. The van der Waals surface area contributed by atoms with Gasteiger partial charge in [-0.1, -0.05) is 12.1 Å². The van der Waals surface area contributed by atoms with Gasteiger partial charge in [-0.15, -0.1) is 0 Å². The third-order valence-electron chi connectivity index (χ3n) is 3.71. The molecule has 0 aliphatic heterocycles. The average molecular weight is 337 g/mol. The van der Waals surface area contributed by atoms with Gasteiger partial charge < -0.3 is 9.30 Å². The fraction of sp³-hybridized carbons (Fsp3) is 0.438. The lowest BCUT2D eigenvalue weighted by Gasteiger charge is -2.17. The fourth-order valence-corrected chi connectivity index (χ4v) is 3.86. The van der Waals surface area contributed by atoms with Crippen molar-refractivity contribution >= 4 is 10.0 Å². The molecule has 0 saturated carbocycles. The molecule has 1 aromatic carbocycles. The summed E-state index contributed by atoms with van der Waals surface area (Å²) in [5, 5.41) is 0. The molecule has 1 N–H and O–H groups in total. The first-order valence-corrected chi connectivity index (χ1v) is 9.10. The van der Waals surface area contributed by atoms with E-state index in [1.165, 1.54) is 7.11 Å². The molecule has 0 bridgehead atoms. The molecule has 126 valence electrons. The van der Waals surface area contributed by atoms with Crippen molar-refractivity contribution in [3.05, 3.63) is 48.0 Å². The quantitative estimate of drug-likeness (QED) is 0.840. The van der Waals surface area contributed by atoms with E-state index in [0.717, 1.165) is 17.1 Å². The molecule has 0 aliphatic rings. The molecule has 0 fully saturated rings. The minimum atomic E-state index is -3.39. The molecule has 1 heterocycles. The normalized spacial score (nSPS) is 14.6. The van der Waals surface area contributed by atoms with Gasteiger partial charge >= 0.3 is 0 Å². The molecule has 2 rings (SSSR count). The Balaban J connectivity index is 2.09. The van der Waals surface area contributed by atoms with E-state index in [2.05, 4.69) is 9.71 Å². The van der Waals surface area contributed by atoms with E-state index >= 15 is 0 Å². The zero-order chi connectivity index (χ0) is 17.0. The molecule has 23 heavy (non-hydrogen) atoms. The highest BCUT2D eigenvalue weighted by Crippen LogP contribution is 2.17. The Morgan fingerprint density at radius 1 is 1.26 bits per heavy atom. The molecule has 2 aromatic rings. The van der Waals surface area contributed by atoms with E-state index in [1.807, 2.05) is 48.9 Å². The summed E-state index contributed by atoms with van der Waals surface area (Å²) in [4.78, 5) is 4.19. The molecule has 0 aliphatic carbocycles. The van der Waals surface area contributed by atoms with Crippen molar-refractivity contribution in [2.45, 2.75) is 32.9 Å². The Bertz CT molecular complexity index is 738. The summed E-state index contributed by atoms with van der Waals surface area (Å²) in [6.07, 6.45) is 3.30. The van der Waals surface area contributed by atoms with Crippen LogP contribution in [0, 0.1) is 6.92 Å². The van der Waals surface area contributed by atoms with E-state index in [0.29, 0.717) is 0 Å². The van der Waals surface area contributed by atoms with E-state index in [-0.39, 0.29) is 17.9 Å². The van der Waals surface area contributed by atoms with Crippen LogP contribution in [-0.2, 0) is 14.8 Å². The smallest absolute Gasteiger partial charge is 0.214 e. The van der Waals surface area contributed by atoms with E-state index in [4.69, 9.17) is 4.74 Å². The summed E-state index contributed by atoms with van der Waals surface area (Å²) in [6, 6.07) is 7.43. The van der Waals surface area contributed by atoms with Crippen LogP contribution in [0.2, 0.25) is 0 Å². The van der Waals surface area contributed by atoms with Crippen molar-refractivity contribution in [1.82, 2.24) is 14.3 Å². The lowest BCUT2D eigenvalue weighted by atomic mass is 10.1. The summed E-state index contributed by atoms with van der Waals surface area (Å²) in [5.74, 6) is 0.847. The van der Waals surface area contributed by atoms with Crippen molar-refractivity contribution < 1.29 is 13.2 Å². The number of nitrogens with one attached hydrogen (secondary N) is 1. The first kappa shape index (κ1) is 17.7. The van der Waals surface area contributed by atoms with Crippen LogP contribution < -0.4 is 4.72 Å². The first-order valence-electron chi connectivity index (χ1n) is 7.45. The molecule has 0 unspecified atom stereocenters. The number of aryl methyl sites for hydroxylation is 1. The Morgan fingerprint density at radius 3 is 2.43 bits per heavy atom. The number of hydrogen-bond acceptors (Lipinski definition) is 4. The number of hydrogen-bond donors (Lipinski definition) is 1. The molecule has 7 heteroatoms. The lowest BCUT2D eigenvalue weighted by Crippen LogP contribution is -2.33. The maximum atomic E-state index is 12.1.